The lowest BCUT2D eigenvalue weighted by Crippen LogP contribution is -2.15. The Balaban J connectivity index is 2.03. The van der Waals surface area contributed by atoms with Gasteiger partial charge in [0.05, 0.1) is 5.56 Å². The van der Waals surface area contributed by atoms with E-state index in [9.17, 15) is 17.6 Å². The third kappa shape index (κ3) is 3.72. The van der Waals surface area contributed by atoms with Crippen LogP contribution in [0, 0.1) is 11.7 Å². The molecule has 0 spiro atoms. The number of benzene rings is 1. The Bertz CT molecular complexity index is 450. The van der Waals surface area contributed by atoms with E-state index in [1.807, 2.05) is 0 Å². The van der Waals surface area contributed by atoms with Crippen molar-refractivity contribution >= 4 is 0 Å². The molecule has 5 heteroatoms. The van der Waals surface area contributed by atoms with Crippen molar-refractivity contribution in [3.63, 3.8) is 0 Å². The number of rotatable bonds is 4. The van der Waals surface area contributed by atoms with Crippen LogP contribution in [-0.4, -0.2) is 0 Å². The highest BCUT2D eigenvalue weighted by Gasteiger charge is 2.34. The Hall–Kier alpha value is -1.10. The summed E-state index contributed by atoms with van der Waals surface area (Å²) >= 11 is 0. The fraction of sp³-hybridized carbons (Fsp3) is 0.600. The summed E-state index contributed by atoms with van der Waals surface area (Å²) in [6, 6.07) is 2.59. The summed E-state index contributed by atoms with van der Waals surface area (Å²) in [5, 5.41) is 0. The van der Waals surface area contributed by atoms with Gasteiger partial charge in [0.25, 0.3) is 0 Å². The second kappa shape index (κ2) is 6.12. The first-order valence-electron chi connectivity index (χ1n) is 7.00. The first kappa shape index (κ1) is 15.3. The van der Waals surface area contributed by atoms with Gasteiger partial charge in [0.2, 0.25) is 0 Å². The molecule has 0 aliphatic heterocycles. The first-order chi connectivity index (χ1) is 9.38. The zero-order chi connectivity index (χ0) is 14.8. The molecule has 2 N–H and O–H groups in total. The number of nitrogens with two attached hydrogens (primary N) is 1. The Kier molecular flexibility index (Phi) is 4.68. The van der Waals surface area contributed by atoms with Crippen LogP contribution >= 0.6 is 0 Å². The molecular formula is C15H19F4N. The zero-order valence-electron chi connectivity index (χ0n) is 11.2. The Morgan fingerprint density at radius 3 is 2.45 bits per heavy atom. The van der Waals surface area contributed by atoms with Crippen LogP contribution in [0.3, 0.4) is 0 Å². The van der Waals surface area contributed by atoms with Crippen molar-refractivity contribution in [3.8, 4) is 0 Å². The molecule has 0 bridgehead atoms. The minimum absolute atomic E-state index is 0.358. The molecule has 1 fully saturated rings. The van der Waals surface area contributed by atoms with Gasteiger partial charge in [0.15, 0.2) is 0 Å². The molecule has 0 aromatic heterocycles. The summed E-state index contributed by atoms with van der Waals surface area (Å²) < 4.78 is 51.1. The smallest absolute Gasteiger partial charge is 0.324 e. The number of hydrogen-bond donors (Lipinski definition) is 1. The van der Waals surface area contributed by atoms with E-state index in [4.69, 9.17) is 5.73 Å². The van der Waals surface area contributed by atoms with Crippen LogP contribution < -0.4 is 5.73 Å². The van der Waals surface area contributed by atoms with Crippen molar-refractivity contribution in [2.75, 3.05) is 0 Å². The van der Waals surface area contributed by atoms with Crippen LogP contribution in [0.1, 0.15) is 55.7 Å². The van der Waals surface area contributed by atoms with E-state index in [0.717, 1.165) is 18.6 Å². The van der Waals surface area contributed by atoms with E-state index >= 15 is 0 Å². The van der Waals surface area contributed by atoms with E-state index in [-0.39, 0.29) is 0 Å². The van der Waals surface area contributed by atoms with Gasteiger partial charge in [0.1, 0.15) is 5.82 Å². The zero-order valence-corrected chi connectivity index (χ0v) is 11.2. The Labute approximate surface area is 116 Å². The monoisotopic (exact) mass is 289 g/mol. The van der Waals surface area contributed by atoms with E-state index < -0.39 is 23.6 Å². The molecule has 0 radical (unpaired) electrons. The van der Waals surface area contributed by atoms with E-state index in [2.05, 4.69) is 0 Å². The van der Waals surface area contributed by atoms with Gasteiger partial charge in [-0.2, -0.15) is 13.2 Å². The minimum Gasteiger partial charge on any atom is -0.324 e. The van der Waals surface area contributed by atoms with Crippen molar-refractivity contribution in [2.45, 2.75) is 50.7 Å². The van der Waals surface area contributed by atoms with Crippen LogP contribution in [0.15, 0.2) is 18.2 Å². The standard InChI is InChI=1S/C15H19F4N/c16-13-7-6-11(9-12(13)15(17,18)19)14(20)8-5-10-3-1-2-4-10/h6-7,9-10,14H,1-5,8,20H2. The highest BCUT2D eigenvalue weighted by molar-refractivity contribution is 5.29. The van der Waals surface area contributed by atoms with Gasteiger partial charge in [-0.15, -0.1) is 0 Å². The molecule has 0 saturated heterocycles. The van der Waals surface area contributed by atoms with Crippen LogP contribution in [0.5, 0.6) is 0 Å². The quantitative estimate of drug-likeness (QED) is 0.790. The molecular weight excluding hydrogens is 270 g/mol. The maximum atomic E-state index is 13.2. The Morgan fingerprint density at radius 2 is 1.85 bits per heavy atom. The van der Waals surface area contributed by atoms with Crippen molar-refractivity contribution in [1.29, 1.82) is 0 Å². The molecule has 1 aromatic rings. The molecule has 1 saturated carbocycles. The predicted octanol–water partition coefficient (Wildman–Crippen LogP) is 4.81. The predicted molar refractivity (Wildman–Crippen MR) is 69.5 cm³/mol. The molecule has 0 heterocycles. The van der Waals surface area contributed by atoms with Gasteiger partial charge >= 0.3 is 6.18 Å². The molecule has 2 rings (SSSR count). The van der Waals surface area contributed by atoms with Gasteiger partial charge < -0.3 is 5.73 Å². The lowest BCUT2D eigenvalue weighted by molar-refractivity contribution is -0.140. The topological polar surface area (TPSA) is 26.0 Å². The lowest BCUT2D eigenvalue weighted by atomic mass is 9.94. The van der Waals surface area contributed by atoms with Gasteiger partial charge in [-0.05, 0) is 36.5 Å². The molecule has 1 atom stereocenters. The average molecular weight is 289 g/mol. The van der Waals surface area contributed by atoms with Crippen LogP contribution in [0.4, 0.5) is 17.6 Å². The molecule has 1 aromatic carbocycles. The fourth-order valence-corrected chi connectivity index (χ4v) is 2.87. The van der Waals surface area contributed by atoms with Gasteiger partial charge in [0, 0.05) is 6.04 Å². The number of hydrogen-bond acceptors (Lipinski definition) is 1. The third-order valence-corrected chi connectivity index (χ3v) is 4.08. The van der Waals surface area contributed by atoms with E-state index in [1.54, 1.807) is 0 Å². The lowest BCUT2D eigenvalue weighted by Gasteiger charge is -2.17. The fourth-order valence-electron chi connectivity index (χ4n) is 2.87. The number of halogens is 4. The number of alkyl halides is 3. The highest BCUT2D eigenvalue weighted by Crippen LogP contribution is 2.34. The summed E-state index contributed by atoms with van der Waals surface area (Å²) in [5.74, 6) is -0.604. The molecule has 1 aliphatic rings. The highest BCUT2D eigenvalue weighted by atomic mass is 19.4. The minimum atomic E-state index is -4.68. The normalized spacial score (nSPS) is 18.4. The summed E-state index contributed by atoms with van der Waals surface area (Å²) in [5.41, 5.74) is 5.07. The van der Waals surface area contributed by atoms with E-state index in [1.165, 1.54) is 31.7 Å². The maximum Gasteiger partial charge on any atom is 0.419 e. The van der Waals surface area contributed by atoms with Gasteiger partial charge in [-0.1, -0.05) is 31.7 Å². The summed E-state index contributed by atoms with van der Waals surface area (Å²) in [7, 11) is 0. The van der Waals surface area contributed by atoms with Gasteiger partial charge in [-0.3, -0.25) is 0 Å². The third-order valence-electron chi connectivity index (χ3n) is 4.08. The van der Waals surface area contributed by atoms with E-state index in [0.29, 0.717) is 17.9 Å². The largest absolute Gasteiger partial charge is 0.419 e. The summed E-state index contributed by atoms with van der Waals surface area (Å²) in [4.78, 5) is 0. The molecule has 0 amide bonds. The van der Waals surface area contributed by atoms with Crippen molar-refractivity contribution < 1.29 is 17.6 Å². The SMILES string of the molecule is NC(CCC1CCCC1)c1ccc(F)c(C(F)(F)F)c1. The van der Waals surface area contributed by atoms with Gasteiger partial charge in [-0.25, -0.2) is 4.39 Å². The molecule has 20 heavy (non-hydrogen) atoms. The molecule has 1 unspecified atom stereocenters. The second-order valence-electron chi connectivity index (χ2n) is 5.57. The molecule has 1 nitrogen and oxygen atoms in total. The average Bonchev–Trinajstić information content (AvgIpc) is 2.88. The molecule has 112 valence electrons. The molecule has 1 aliphatic carbocycles. The maximum absolute atomic E-state index is 13.2. The van der Waals surface area contributed by atoms with Crippen LogP contribution in [0.2, 0.25) is 0 Å². The van der Waals surface area contributed by atoms with Crippen LogP contribution in [-0.2, 0) is 6.18 Å². The van der Waals surface area contributed by atoms with Crippen LogP contribution in [0.25, 0.3) is 0 Å². The summed E-state index contributed by atoms with van der Waals surface area (Å²) in [6.45, 7) is 0. The van der Waals surface area contributed by atoms with Crippen molar-refractivity contribution in [3.05, 3.63) is 35.1 Å². The first-order valence-corrected chi connectivity index (χ1v) is 7.00. The summed E-state index contributed by atoms with van der Waals surface area (Å²) in [6.07, 6.45) is 1.73. The van der Waals surface area contributed by atoms with Crippen molar-refractivity contribution in [1.82, 2.24) is 0 Å². The van der Waals surface area contributed by atoms with Crippen molar-refractivity contribution in [2.24, 2.45) is 11.7 Å². The second-order valence-corrected chi connectivity index (χ2v) is 5.57. The Morgan fingerprint density at radius 1 is 1.20 bits per heavy atom.